The number of nitrogens with zero attached hydrogens (tertiary/aromatic N) is 3. The van der Waals surface area contributed by atoms with Crippen LogP contribution in [0.1, 0.15) is 6.42 Å². The Hall–Kier alpha value is -1.02. The number of hydrogen-bond acceptors (Lipinski definition) is 5. The van der Waals surface area contributed by atoms with Crippen molar-refractivity contribution in [1.29, 1.82) is 0 Å². The van der Waals surface area contributed by atoms with Gasteiger partial charge in [0.25, 0.3) is 0 Å². The molecule has 1 aliphatic heterocycles. The van der Waals surface area contributed by atoms with Crippen molar-refractivity contribution in [2.24, 2.45) is 0 Å². The average molecular weight is 285 g/mol. The van der Waals surface area contributed by atoms with E-state index >= 15 is 0 Å². The monoisotopic (exact) mass is 285 g/mol. The lowest BCUT2D eigenvalue weighted by atomic mass is 10.0. The van der Waals surface area contributed by atoms with Crippen LogP contribution in [0, 0.1) is 0 Å². The lowest BCUT2D eigenvalue weighted by Crippen LogP contribution is -2.43. The van der Waals surface area contributed by atoms with Crippen LogP contribution >= 0.6 is 0 Å². The number of aromatic nitrogens is 1. The molecule has 106 valence electrons. The number of hydrogen-bond donors (Lipinski definition) is 1. The molecule has 19 heavy (non-hydrogen) atoms. The minimum Gasteiger partial charge on any atom is -0.387 e. The van der Waals surface area contributed by atoms with Crippen molar-refractivity contribution < 1.29 is 13.5 Å². The van der Waals surface area contributed by atoms with Gasteiger partial charge in [-0.2, -0.15) is 4.31 Å². The number of sulfonamides is 1. The van der Waals surface area contributed by atoms with Gasteiger partial charge in [0.15, 0.2) is 0 Å². The number of likely N-dealkylation sites (N-methyl/N-ethyl adjacent to an activating group) is 1. The van der Waals surface area contributed by atoms with Gasteiger partial charge in [0.2, 0.25) is 10.0 Å². The third kappa shape index (κ3) is 3.11. The zero-order chi connectivity index (χ0) is 14.1. The highest BCUT2D eigenvalue weighted by Crippen LogP contribution is 2.27. The molecule has 2 rings (SSSR count). The van der Waals surface area contributed by atoms with E-state index in [9.17, 15) is 13.5 Å². The summed E-state index contributed by atoms with van der Waals surface area (Å²) >= 11 is 0. The zero-order valence-electron chi connectivity index (χ0n) is 11.2. The van der Waals surface area contributed by atoms with E-state index in [0.29, 0.717) is 19.5 Å². The van der Waals surface area contributed by atoms with Crippen LogP contribution in [0.4, 0.5) is 0 Å². The minimum atomic E-state index is -3.55. The van der Waals surface area contributed by atoms with E-state index < -0.39 is 15.6 Å². The molecule has 1 atom stereocenters. The predicted octanol–water partition coefficient (Wildman–Crippen LogP) is -0.231. The van der Waals surface area contributed by atoms with Gasteiger partial charge in [-0.15, -0.1) is 0 Å². The summed E-state index contributed by atoms with van der Waals surface area (Å²) in [6, 6.07) is 3.11. The van der Waals surface area contributed by atoms with Crippen LogP contribution in [0.5, 0.6) is 0 Å². The maximum absolute atomic E-state index is 12.4. The van der Waals surface area contributed by atoms with Crippen LogP contribution in [0.25, 0.3) is 0 Å². The second-order valence-corrected chi connectivity index (χ2v) is 7.18. The van der Waals surface area contributed by atoms with Crippen molar-refractivity contribution in [2.75, 3.05) is 33.7 Å². The normalized spacial score (nSPS) is 25.1. The number of rotatable bonds is 4. The summed E-state index contributed by atoms with van der Waals surface area (Å²) in [6.45, 7) is 0.913. The zero-order valence-corrected chi connectivity index (χ0v) is 12.0. The Kier molecular flexibility index (Phi) is 3.91. The molecular formula is C12H19N3O3S. The van der Waals surface area contributed by atoms with Gasteiger partial charge in [0.1, 0.15) is 4.90 Å². The van der Waals surface area contributed by atoms with E-state index in [2.05, 4.69) is 4.98 Å². The second kappa shape index (κ2) is 5.16. The second-order valence-electron chi connectivity index (χ2n) is 5.24. The summed E-state index contributed by atoms with van der Waals surface area (Å²) in [7, 11) is 0.162. The number of pyridine rings is 1. The van der Waals surface area contributed by atoms with Gasteiger partial charge in [0.05, 0.1) is 5.60 Å². The summed E-state index contributed by atoms with van der Waals surface area (Å²) in [5.74, 6) is 0. The van der Waals surface area contributed by atoms with Crippen molar-refractivity contribution in [3.05, 3.63) is 24.5 Å². The van der Waals surface area contributed by atoms with Gasteiger partial charge in [-0.25, -0.2) is 8.42 Å². The van der Waals surface area contributed by atoms with Crippen LogP contribution in [-0.2, 0) is 10.0 Å². The lowest BCUT2D eigenvalue weighted by Gasteiger charge is -2.26. The van der Waals surface area contributed by atoms with Crippen LogP contribution in [0.2, 0.25) is 0 Å². The van der Waals surface area contributed by atoms with Crippen molar-refractivity contribution in [3.8, 4) is 0 Å². The van der Waals surface area contributed by atoms with Crippen LogP contribution in [0.15, 0.2) is 29.4 Å². The van der Waals surface area contributed by atoms with E-state index in [-0.39, 0.29) is 11.4 Å². The predicted molar refractivity (Wildman–Crippen MR) is 71.1 cm³/mol. The summed E-state index contributed by atoms with van der Waals surface area (Å²) in [6.07, 6.45) is 3.31. The Balaban J connectivity index is 2.17. The van der Waals surface area contributed by atoms with Gasteiger partial charge in [-0.05, 0) is 32.6 Å². The van der Waals surface area contributed by atoms with Gasteiger partial charge < -0.3 is 10.0 Å². The van der Waals surface area contributed by atoms with Crippen molar-refractivity contribution >= 4 is 10.0 Å². The summed E-state index contributed by atoms with van der Waals surface area (Å²) in [4.78, 5) is 5.86. The molecule has 6 nitrogen and oxygen atoms in total. The maximum Gasteiger partial charge on any atom is 0.244 e. The third-order valence-electron chi connectivity index (χ3n) is 3.18. The van der Waals surface area contributed by atoms with Crippen molar-refractivity contribution in [3.63, 3.8) is 0 Å². The van der Waals surface area contributed by atoms with Gasteiger partial charge in [0, 0.05) is 32.0 Å². The molecule has 1 aromatic rings. The first-order valence-corrected chi connectivity index (χ1v) is 7.55. The largest absolute Gasteiger partial charge is 0.387 e. The van der Waals surface area contributed by atoms with Gasteiger partial charge in [-0.1, -0.05) is 0 Å². The lowest BCUT2D eigenvalue weighted by molar-refractivity contribution is 0.0302. The molecule has 0 aromatic carbocycles. The first-order chi connectivity index (χ1) is 8.83. The highest BCUT2D eigenvalue weighted by atomic mass is 32.2. The molecule has 7 heteroatoms. The number of β-amino-alcohol motifs (C(OH)–C–C–N with tert-alkyl or cyclic N) is 1. The first-order valence-electron chi connectivity index (χ1n) is 6.11. The fraction of sp³-hybridized carbons (Fsp3) is 0.583. The molecule has 2 heterocycles. The molecule has 0 bridgehead atoms. The molecule has 1 fully saturated rings. The Bertz CT molecular complexity index is 532. The van der Waals surface area contributed by atoms with E-state index in [1.165, 1.54) is 22.8 Å². The highest BCUT2D eigenvalue weighted by Gasteiger charge is 2.41. The fourth-order valence-corrected chi connectivity index (χ4v) is 3.88. The SMILES string of the molecule is CN(C)CC1(O)CCN(S(=O)(=O)c2cccnc2)C1. The summed E-state index contributed by atoms with van der Waals surface area (Å²) in [5.41, 5.74) is -0.973. The molecule has 0 radical (unpaired) electrons. The topological polar surface area (TPSA) is 73.7 Å². The average Bonchev–Trinajstić information content (AvgIpc) is 2.72. The van der Waals surface area contributed by atoms with Gasteiger partial charge in [-0.3, -0.25) is 4.98 Å². The Morgan fingerprint density at radius 3 is 2.84 bits per heavy atom. The smallest absolute Gasteiger partial charge is 0.244 e. The van der Waals surface area contributed by atoms with Crippen molar-refractivity contribution in [1.82, 2.24) is 14.2 Å². The first kappa shape index (κ1) is 14.4. The van der Waals surface area contributed by atoms with E-state index in [0.717, 1.165) is 0 Å². The summed E-state index contributed by atoms with van der Waals surface area (Å²) < 4.78 is 26.1. The van der Waals surface area contributed by atoms with E-state index in [1.54, 1.807) is 6.07 Å². The third-order valence-corrected chi connectivity index (χ3v) is 5.01. The summed E-state index contributed by atoms with van der Waals surface area (Å²) in [5, 5.41) is 10.4. The molecule has 0 amide bonds. The Labute approximate surface area is 113 Å². The van der Waals surface area contributed by atoms with Gasteiger partial charge >= 0.3 is 0 Å². The van der Waals surface area contributed by atoms with Crippen molar-refractivity contribution in [2.45, 2.75) is 16.9 Å². The van der Waals surface area contributed by atoms with E-state index in [1.807, 2.05) is 19.0 Å². The molecule has 1 aromatic heterocycles. The van der Waals surface area contributed by atoms with E-state index in [4.69, 9.17) is 0 Å². The maximum atomic E-state index is 12.4. The van der Waals surface area contributed by atoms with Crippen LogP contribution < -0.4 is 0 Å². The molecular weight excluding hydrogens is 266 g/mol. The molecule has 0 spiro atoms. The Morgan fingerprint density at radius 1 is 1.53 bits per heavy atom. The fourth-order valence-electron chi connectivity index (χ4n) is 2.39. The molecule has 0 aliphatic carbocycles. The molecule has 1 saturated heterocycles. The quantitative estimate of drug-likeness (QED) is 0.827. The number of aliphatic hydroxyl groups is 1. The van der Waals surface area contributed by atoms with Crippen LogP contribution in [-0.4, -0.2) is 67.0 Å². The molecule has 1 aliphatic rings. The standard InChI is InChI=1S/C12H19N3O3S/c1-14(2)9-12(16)5-7-15(10-12)19(17,18)11-4-3-6-13-8-11/h3-4,6,8,16H,5,7,9-10H2,1-2H3. The molecule has 0 saturated carbocycles. The van der Waals surface area contributed by atoms with Crippen LogP contribution in [0.3, 0.4) is 0 Å². The molecule has 1 N–H and O–H groups in total. The minimum absolute atomic E-state index is 0.127. The Morgan fingerprint density at radius 2 is 2.26 bits per heavy atom. The highest BCUT2D eigenvalue weighted by molar-refractivity contribution is 7.89. The molecule has 1 unspecified atom stereocenters.